The number of carbonyl (C=O) groups is 2. The van der Waals surface area contributed by atoms with Crippen molar-refractivity contribution in [2.75, 3.05) is 0 Å². The maximum absolute atomic E-state index is 12.1. The molecular weight excluding hydrogens is 260 g/mol. The normalized spacial score (nSPS) is 30.4. The molecule has 5 heteroatoms. The number of carboxylic acid groups (broad SMARTS) is 1. The Balaban J connectivity index is 1.68. The van der Waals surface area contributed by atoms with Gasteiger partial charge in [-0.2, -0.15) is 0 Å². The first-order chi connectivity index (χ1) is 9.66. The molecule has 2 heterocycles. The van der Waals surface area contributed by atoms with Crippen LogP contribution in [0.15, 0.2) is 42.5 Å². The molecule has 1 aromatic rings. The second-order valence-electron chi connectivity index (χ2n) is 4.93. The van der Waals surface area contributed by atoms with Crippen LogP contribution >= 0.6 is 0 Å². The third kappa shape index (κ3) is 2.20. The number of fused-ring (bicyclic) bond motifs is 2. The second kappa shape index (κ2) is 5.09. The first-order valence-corrected chi connectivity index (χ1v) is 6.44. The maximum atomic E-state index is 12.1. The van der Waals surface area contributed by atoms with Crippen molar-refractivity contribution >= 4 is 11.9 Å². The number of esters is 1. The van der Waals surface area contributed by atoms with Gasteiger partial charge in [0.15, 0.2) is 0 Å². The molecule has 0 aliphatic carbocycles. The van der Waals surface area contributed by atoms with Crippen LogP contribution in [0.25, 0.3) is 0 Å². The molecule has 2 aliphatic heterocycles. The molecule has 4 unspecified atom stereocenters. The number of rotatable bonds is 4. The van der Waals surface area contributed by atoms with Gasteiger partial charge in [-0.05, 0) is 5.56 Å². The number of ether oxygens (including phenoxy) is 2. The van der Waals surface area contributed by atoms with Crippen molar-refractivity contribution in [1.29, 1.82) is 0 Å². The lowest BCUT2D eigenvalue weighted by atomic mass is 9.83. The molecule has 2 aliphatic rings. The Hall–Kier alpha value is -2.14. The van der Waals surface area contributed by atoms with Crippen molar-refractivity contribution in [3.05, 3.63) is 48.0 Å². The van der Waals surface area contributed by atoms with E-state index >= 15 is 0 Å². The number of aliphatic carboxylic acids is 1. The Morgan fingerprint density at radius 1 is 1.10 bits per heavy atom. The number of hydrogen-bond acceptors (Lipinski definition) is 4. The topological polar surface area (TPSA) is 72.8 Å². The van der Waals surface area contributed by atoms with E-state index in [1.165, 1.54) is 0 Å². The SMILES string of the molecule is O=C(O)C1C2C=CC(O2)C1C(=O)OCc1ccccc1. The highest BCUT2D eigenvalue weighted by molar-refractivity contribution is 5.84. The first-order valence-electron chi connectivity index (χ1n) is 6.44. The smallest absolute Gasteiger partial charge is 0.313 e. The number of benzene rings is 1. The van der Waals surface area contributed by atoms with Crippen LogP contribution < -0.4 is 0 Å². The number of carboxylic acids is 1. The van der Waals surface area contributed by atoms with Crippen LogP contribution in [-0.4, -0.2) is 29.3 Å². The summed E-state index contributed by atoms with van der Waals surface area (Å²) in [6.07, 6.45) is 2.43. The molecule has 2 bridgehead atoms. The predicted octanol–water partition coefficient (Wildman–Crippen LogP) is 1.38. The molecule has 20 heavy (non-hydrogen) atoms. The molecule has 0 saturated carbocycles. The van der Waals surface area contributed by atoms with Crippen LogP contribution in [0.1, 0.15) is 5.56 Å². The molecule has 0 spiro atoms. The second-order valence-corrected chi connectivity index (χ2v) is 4.93. The molecule has 0 amide bonds. The van der Waals surface area contributed by atoms with Crippen LogP contribution in [0, 0.1) is 11.8 Å². The summed E-state index contributed by atoms with van der Waals surface area (Å²) in [5.74, 6) is -3.15. The molecule has 0 radical (unpaired) electrons. The summed E-state index contributed by atoms with van der Waals surface area (Å²) < 4.78 is 10.7. The summed E-state index contributed by atoms with van der Waals surface area (Å²) in [7, 11) is 0. The largest absolute Gasteiger partial charge is 0.481 e. The molecule has 1 N–H and O–H groups in total. The van der Waals surface area contributed by atoms with Gasteiger partial charge in [-0.25, -0.2) is 0 Å². The quantitative estimate of drug-likeness (QED) is 0.663. The van der Waals surface area contributed by atoms with E-state index in [1.54, 1.807) is 12.2 Å². The highest BCUT2D eigenvalue weighted by atomic mass is 16.5. The Morgan fingerprint density at radius 2 is 1.75 bits per heavy atom. The van der Waals surface area contributed by atoms with E-state index in [0.717, 1.165) is 5.56 Å². The van der Waals surface area contributed by atoms with E-state index in [4.69, 9.17) is 9.47 Å². The predicted molar refractivity (Wildman–Crippen MR) is 68.7 cm³/mol. The van der Waals surface area contributed by atoms with Gasteiger partial charge in [-0.15, -0.1) is 0 Å². The lowest BCUT2D eigenvalue weighted by Gasteiger charge is -2.20. The zero-order valence-electron chi connectivity index (χ0n) is 10.6. The Morgan fingerprint density at radius 3 is 2.40 bits per heavy atom. The van der Waals surface area contributed by atoms with Crippen molar-refractivity contribution in [1.82, 2.24) is 0 Å². The van der Waals surface area contributed by atoms with Gasteiger partial charge in [0.1, 0.15) is 18.4 Å². The van der Waals surface area contributed by atoms with E-state index in [-0.39, 0.29) is 6.61 Å². The van der Waals surface area contributed by atoms with Crippen LogP contribution in [-0.2, 0) is 25.7 Å². The molecule has 4 atom stereocenters. The summed E-state index contributed by atoms with van der Waals surface area (Å²) in [6.45, 7) is 0.142. The minimum absolute atomic E-state index is 0.142. The van der Waals surface area contributed by atoms with Crippen molar-refractivity contribution in [2.24, 2.45) is 11.8 Å². The van der Waals surface area contributed by atoms with Gasteiger partial charge < -0.3 is 14.6 Å². The Kier molecular flexibility index (Phi) is 3.28. The van der Waals surface area contributed by atoms with E-state index in [2.05, 4.69) is 0 Å². The fourth-order valence-corrected chi connectivity index (χ4v) is 2.71. The van der Waals surface area contributed by atoms with Crippen molar-refractivity contribution in [2.45, 2.75) is 18.8 Å². The number of hydrogen-bond donors (Lipinski definition) is 1. The molecular formula is C15H14O5. The Labute approximate surface area is 115 Å². The third-order valence-electron chi connectivity index (χ3n) is 3.68. The molecule has 0 aromatic heterocycles. The fourth-order valence-electron chi connectivity index (χ4n) is 2.71. The molecule has 1 saturated heterocycles. The molecule has 1 aromatic carbocycles. The summed E-state index contributed by atoms with van der Waals surface area (Å²) in [5, 5.41) is 9.22. The highest BCUT2D eigenvalue weighted by Crippen LogP contribution is 2.40. The summed E-state index contributed by atoms with van der Waals surface area (Å²) >= 11 is 0. The van der Waals surface area contributed by atoms with Crippen molar-refractivity contribution in [3.63, 3.8) is 0 Å². The Bertz CT molecular complexity index is 551. The van der Waals surface area contributed by atoms with E-state index in [9.17, 15) is 14.7 Å². The fraction of sp³-hybridized carbons (Fsp3) is 0.333. The average Bonchev–Trinajstić information content (AvgIpc) is 3.06. The van der Waals surface area contributed by atoms with Gasteiger partial charge in [-0.3, -0.25) is 9.59 Å². The van der Waals surface area contributed by atoms with Gasteiger partial charge in [-0.1, -0.05) is 42.5 Å². The van der Waals surface area contributed by atoms with Gasteiger partial charge in [0, 0.05) is 0 Å². The minimum atomic E-state index is -1.02. The summed E-state index contributed by atoms with van der Waals surface area (Å²) in [5.41, 5.74) is 0.868. The van der Waals surface area contributed by atoms with Crippen LogP contribution in [0.3, 0.4) is 0 Å². The maximum Gasteiger partial charge on any atom is 0.313 e. The zero-order valence-corrected chi connectivity index (χ0v) is 10.6. The molecule has 3 rings (SSSR count). The van der Waals surface area contributed by atoms with Crippen molar-refractivity contribution < 1.29 is 24.2 Å². The minimum Gasteiger partial charge on any atom is -0.481 e. The molecule has 104 valence electrons. The van der Waals surface area contributed by atoms with Gasteiger partial charge in [0.2, 0.25) is 0 Å². The zero-order chi connectivity index (χ0) is 14.1. The van der Waals surface area contributed by atoms with E-state index in [1.807, 2.05) is 30.3 Å². The van der Waals surface area contributed by atoms with Gasteiger partial charge in [0.05, 0.1) is 12.2 Å². The van der Waals surface area contributed by atoms with Crippen molar-refractivity contribution in [3.8, 4) is 0 Å². The van der Waals surface area contributed by atoms with Crippen LogP contribution in [0.5, 0.6) is 0 Å². The summed E-state index contributed by atoms with van der Waals surface area (Å²) in [6, 6.07) is 9.28. The van der Waals surface area contributed by atoms with Crippen LogP contribution in [0.4, 0.5) is 0 Å². The molecule has 5 nitrogen and oxygen atoms in total. The van der Waals surface area contributed by atoms with Gasteiger partial charge >= 0.3 is 11.9 Å². The number of carbonyl (C=O) groups excluding carboxylic acids is 1. The standard InChI is InChI=1S/C15H14O5/c16-14(17)12-10-6-7-11(20-10)13(12)15(18)19-8-9-4-2-1-3-5-9/h1-7,10-13H,8H2,(H,16,17). The average molecular weight is 274 g/mol. The van der Waals surface area contributed by atoms with E-state index < -0.39 is 36.0 Å². The lowest BCUT2D eigenvalue weighted by Crippen LogP contribution is -2.37. The van der Waals surface area contributed by atoms with Gasteiger partial charge in [0.25, 0.3) is 0 Å². The lowest BCUT2D eigenvalue weighted by molar-refractivity contribution is -0.157. The van der Waals surface area contributed by atoms with Crippen LogP contribution in [0.2, 0.25) is 0 Å². The summed E-state index contributed by atoms with van der Waals surface area (Å²) in [4.78, 5) is 23.4. The third-order valence-corrected chi connectivity index (χ3v) is 3.68. The highest BCUT2D eigenvalue weighted by Gasteiger charge is 2.54. The van der Waals surface area contributed by atoms with E-state index in [0.29, 0.717) is 0 Å². The molecule has 1 fully saturated rings. The monoisotopic (exact) mass is 274 g/mol. The first kappa shape index (κ1) is 12.9.